The Morgan fingerprint density at radius 1 is 1.59 bits per heavy atom. The van der Waals surface area contributed by atoms with E-state index >= 15 is 0 Å². The van der Waals surface area contributed by atoms with Gasteiger partial charge in [0.2, 0.25) is 0 Å². The highest BCUT2D eigenvalue weighted by Crippen LogP contribution is 2.43. The molecule has 0 saturated carbocycles. The van der Waals surface area contributed by atoms with Crippen LogP contribution in [0.3, 0.4) is 0 Å². The lowest BCUT2D eigenvalue weighted by Crippen LogP contribution is -2.38. The van der Waals surface area contributed by atoms with E-state index in [4.69, 9.17) is 0 Å². The number of rotatable bonds is 4. The lowest BCUT2D eigenvalue weighted by Gasteiger charge is -2.26. The first-order valence-electron chi connectivity index (χ1n) is 5.16. The molecule has 1 saturated heterocycles. The van der Waals surface area contributed by atoms with E-state index in [0.717, 1.165) is 0 Å². The Morgan fingerprint density at radius 3 is 2.65 bits per heavy atom. The summed E-state index contributed by atoms with van der Waals surface area (Å²) in [4.78, 5) is 45.1. The van der Waals surface area contributed by atoms with Gasteiger partial charge in [-0.05, 0) is 6.92 Å². The van der Waals surface area contributed by atoms with Crippen molar-refractivity contribution in [1.82, 2.24) is 0 Å². The highest BCUT2D eigenvalue weighted by molar-refractivity contribution is 6.01. The average molecular weight is 242 g/mol. The largest absolute Gasteiger partial charge is 0.469 e. The number of hydrogen-bond donors (Lipinski definition) is 0. The molecule has 0 aromatic rings. The second-order valence-corrected chi connectivity index (χ2v) is 4.29. The fourth-order valence-corrected chi connectivity index (χ4v) is 2.12. The number of aldehydes is 1. The Hall–Kier alpha value is -1.72. The first kappa shape index (κ1) is 13.3. The van der Waals surface area contributed by atoms with Gasteiger partial charge >= 0.3 is 17.9 Å². The fourth-order valence-electron chi connectivity index (χ4n) is 2.12. The molecule has 1 aliphatic rings. The number of methoxy groups -OCH3 is 1. The summed E-state index contributed by atoms with van der Waals surface area (Å²) in [6.07, 6.45) is 0.375. The third-order valence-corrected chi connectivity index (χ3v) is 3.18. The van der Waals surface area contributed by atoms with Gasteiger partial charge in [0.05, 0.1) is 24.4 Å². The molecule has 0 radical (unpaired) electrons. The van der Waals surface area contributed by atoms with Gasteiger partial charge in [-0.3, -0.25) is 14.4 Å². The van der Waals surface area contributed by atoms with E-state index in [1.54, 1.807) is 0 Å². The van der Waals surface area contributed by atoms with Gasteiger partial charge in [-0.15, -0.1) is 0 Å². The molecule has 1 aliphatic heterocycles. The summed E-state index contributed by atoms with van der Waals surface area (Å²) in [7, 11) is 1.19. The standard InChI is InChI=1S/C11H14O6/c1-6(8(13)16-3)7-9(14)17-10(15)11(7,2)4-5-12/h5-7H,4H2,1-3H3. The number of hydrogen-bond acceptors (Lipinski definition) is 6. The van der Waals surface area contributed by atoms with Crippen molar-refractivity contribution in [2.24, 2.45) is 17.3 Å². The van der Waals surface area contributed by atoms with Crippen LogP contribution in [0.25, 0.3) is 0 Å². The zero-order chi connectivity index (χ0) is 13.2. The van der Waals surface area contributed by atoms with Crippen LogP contribution in [0, 0.1) is 17.3 Å². The van der Waals surface area contributed by atoms with Crippen molar-refractivity contribution in [2.45, 2.75) is 20.3 Å². The van der Waals surface area contributed by atoms with E-state index in [0.29, 0.717) is 6.29 Å². The van der Waals surface area contributed by atoms with Crippen molar-refractivity contribution in [1.29, 1.82) is 0 Å². The van der Waals surface area contributed by atoms with Crippen LogP contribution in [0.4, 0.5) is 0 Å². The summed E-state index contributed by atoms with van der Waals surface area (Å²) in [5.41, 5.74) is -1.29. The fraction of sp³-hybridized carbons (Fsp3) is 0.636. The molecule has 6 heteroatoms. The summed E-state index contributed by atoms with van der Waals surface area (Å²) in [6.45, 7) is 2.91. The molecular weight excluding hydrogens is 228 g/mol. The van der Waals surface area contributed by atoms with Crippen molar-refractivity contribution in [3.05, 3.63) is 0 Å². The van der Waals surface area contributed by atoms with E-state index in [-0.39, 0.29) is 6.42 Å². The molecule has 0 aromatic carbocycles. The molecule has 1 heterocycles. The number of carbonyl (C=O) groups is 4. The van der Waals surface area contributed by atoms with Crippen LogP contribution in [0.2, 0.25) is 0 Å². The van der Waals surface area contributed by atoms with E-state index < -0.39 is 35.2 Å². The van der Waals surface area contributed by atoms with Gasteiger partial charge < -0.3 is 14.3 Å². The van der Waals surface area contributed by atoms with Gasteiger partial charge in [-0.1, -0.05) is 6.92 Å². The Bertz CT molecular complexity index is 374. The highest BCUT2D eigenvalue weighted by Gasteiger charge is 2.57. The molecule has 0 aliphatic carbocycles. The minimum atomic E-state index is -1.29. The molecule has 0 aromatic heterocycles. The molecule has 17 heavy (non-hydrogen) atoms. The SMILES string of the molecule is COC(=O)C(C)C1C(=O)OC(=O)C1(C)CC=O. The van der Waals surface area contributed by atoms with Crippen LogP contribution >= 0.6 is 0 Å². The van der Waals surface area contributed by atoms with Gasteiger partial charge in [-0.2, -0.15) is 0 Å². The third-order valence-electron chi connectivity index (χ3n) is 3.18. The first-order valence-corrected chi connectivity index (χ1v) is 5.16. The van der Waals surface area contributed by atoms with Crippen LogP contribution in [0.5, 0.6) is 0 Å². The number of carbonyl (C=O) groups excluding carboxylic acids is 4. The molecule has 6 nitrogen and oxygen atoms in total. The highest BCUT2D eigenvalue weighted by atomic mass is 16.6. The number of esters is 3. The van der Waals surface area contributed by atoms with E-state index in [1.807, 2.05) is 0 Å². The maximum atomic E-state index is 11.6. The minimum Gasteiger partial charge on any atom is -0.469 e. The smallest absolute Gasteiger partial charge is 0.320 e. The normalized spacial score (nSPS) is 29.7. The van der Waals surface area contributed by atoms with E-state index in [2.05, 4.69) is 9.47 Å². The molecule has 1 fully saturated rings. The molecule has 3 unspecified atom stereocenters. The molecule has 94 valence electrons. The van der Waals surface area contributed by atoms with Gasteiger partial charge in [0.15, 0.2) is 0 Å². The average Bonchev–Trinajstić information content (AvgIpc) is 2.48. The summed E-state index contributed by atoms with van der Waals surface area (Å²) in [5.74, 6) is -3.97. The number of cyclic esters (lactones) is 2. The minimum absolute atomic E-state index is 0.163. The van der Waals surface area contributed by atoms with Crippen LogP contribution < -0.4 is 0 Å². The Kier molecular flexibility index (Phi) is 3.65. The van der Waals surface area contributed by atoms with Crippen LogP contribution in [0.1, 0.15) is 20.3 Å². The number of ether oxygens (including phenoxy) is 2. The first-order chi connectivity index (χ1) is 7.88. The Morgan fingerprint density at radius 2 is 2.18 bits per heavy atom. The van der Waals surface area contributed by atoms with Crippen LogP contribution in [-0.4, -0.2) is 31.3 Å². The summed E-state index contributed by atoms with van der Waals surface area (Å²) in [5, 5.41) is 0. The molecule has 1 rings (SSSR count). The van der Waals surface area contributed by atoms with Gasteiger partial charge in [0, 0.05) is 6.42 Å². The van der Waals surface area contributed by atoms with Gasteiger partial charge in [0.1, 0.15) is 6.29 Å². The molecule has 3 atom stereocenters. The predicted molar refractivity (Wildman–Crippen MR) is 54.6 cm³/mol. The molecular formula is C11H14O6. The van der Waals surface area contributed by atoms with Gasteiger partial charge in [0.25, 0.3) is 0 Å². The molecule has 0 N–H and O–H groups in total. The van der Waals surface area contributed by atoms with Crippen molar-refractivity contribution < 1.29 is 28.7 Å². The maximum Gasteiger partial charge on any atom is 0.320 e. The van der Waals surface area contributed by atoms with Gasteiger partial charge in [-0.25, -0.2) is 0 Å². The molecule has 0 bridgehead atoms. The lowest BCUT2D eigenvalue weighted by molar-refractivity contribution is -0.157. The maximum absolute atomic E-state index is 11.6. The summed E-state index contributed by atoms with van der Waals surface area (Å²) in [6, 6.07) is 0. The Balaban J connectivity index is 3.09. The zero-order valence-electron chi connectivity index (χ0n) is 9.89. The second-order valence-electron chi connectivity index (χ2n) is 4.29. The molecule has 0 spiro atoms. The van der Waals surface area contributed by atoms with E-state index in [1.165, 1.54) is 21.0 Å². The summed E-state index contributed by atoms with van der Waals surface area (Å²) < 4.78 is 9.05. The molecule has 0 amide bonds. The lowest BCUT2D eigenvalue weighted by atomic mass is 9.71. The zero-order valence-corrected chi connectivity index (χ0v) is 9.89. The second kappa shape index (κ2) is 4.65. The Labute approximate surface area is 98.3 Å². The van der Waals surface area contributed by atoms with Crippen LogP contribution in [-0.2, 0) is 28.7 Å². The monoisotopic (exact) mass is 242 g/mol. The summed E-state index contributed by atoms with van der Waals surface area (Å²) >= 11 is 0. The predicted octanol–water partition coefficient (Wildman–Crippen LogP) is 0.0904. The quantitative estimate of drug-likeness (QED) is 0.394. The van der Waals surface area contributed by atoms with Crippen molar-refractivity contribution in [2.75, 3.05) is 7.11 Å². The van der Waals surface area contributed by atoms with Crippen molar-refractivity contribution >= 4 is 24.2 Å². The van der Waals surface area contributed by atoms with Crippen molar-refractivity contribution in [3.63, 3.8) is 0 Å². The third kappa shape index (κ3) is 2.07. The van der Waals surface area contributed by atoms with Crippen molar-refractivity contribution in [3.8, 4) is 0 Å². The van der Waals surface area contributed by atoms with E-state index in [9.17, 15) is 19.2 Å². The van der Waals surface area contributed by atoms with Crippen LogP contribution in [0.15, 0.2) is 0 Å². The topological polar surface area (TPSA) is 86.7 Å².